The first-order chi connectivity index (χ1) is 8.54. The SMILES string of the molecule is CCc1ccccc1NC(=O)C(=O)NN=C(C)C. The molecular formula is C13H17N3O2. The van der Waals surface area contributed by atoms with E-state index in [9.17, 15) is 9.59 Å². The van der Waals surface area contributed by atoms with E-state index in [-0.39, 0.29) is 0 Å². The van der Waals surface area contributed by atoms with Crippen molar-refractivity contribution in [2.45, 2.75) is 27.2 Å². The number of nitrogens with one attached hydrogen (secondary N) is 2. The van der Waals surface area contributed by atoms with Gasteiger partial charge in [-0.3, -0.25) is 9.59 Å². The van der Waals surface area contributed by atoms with Gasteiger partial charge in [-0.25, -0.2) is 5.43 Å². The van der Waals surface area contributed by atoms with Crippen LogP contribution in [0, 0.1) is 0 Å². The molecule has 0 aliphatic heterocycles. The Morgan fingerprint density at radius 3 is 2.44 bits per heavy atom. The molecule has 1 aromatic carbocycles. The number of hydrazone groups is 1. The third kappa shape index (κ3) is 4.01. The topological polar surface area (TPSA) is 70.6 Å². The van der Waals surface area contributed by atoms with Crippen LogP contribution in [0.3, 0.4) is 0 Å². The van der Waals surface area contributed by atoms with Crippen molar-refractivity contribution in [2.24, 2.45) is 5.10 Å². The van der Waals surface area contributed by atoms with Crippen LogP contribution in [0.4, 0.5) is 5.69 Å². The molecule has 96 valence electrons. The molecule has 0 aliphatic rings. The normalized spacial score (nSPS) is 9.50. The van der Waals surface area contributed by atoms with E-state index in [1.807, 2.05) is 19.1 Å². The molecule has 0 radical (unpaired) electrons. The maximum absolute atomic E-state index is 11.6. The van der Waals surface area contributed by atoms with Crippen LogP contribution in [0.15, 0.2) is 29.4 Å². The smallest absolute Gasteiger partial charge is 0.317 e. The third-order valence-electron chi connectivity index (χ3n) is 2.23. The number of carbonyl (C=O) groups is 2. The van der Waals surface area contributed by atoms with Gasteiger partial charge in [-0.05, 0) is 31.9 Å². The van der Waals surface area contributed by atoms with Crippen molar-refractivity contribution >= 4 is 23.2 Å². The summed E-state index contributed by atoms with van der Waals surface area (Å²) in [5.41, 5.74) is 4.48. The molecule has 0 atom stereocenters. The Morgan fingerprint density at radius 1 is 1.17 bits per heavy atom. The maximum Gasteiger partial charge on any atom is 0.329 e. The zero-order valence-corrected chi connectivity index (χ0v) is 10.8. The van der Waals surface area contributed by atoms with Crippen LogP contribution < -0.4 is 10.7 Å². The molecule has 0 aliphatic carbocycles. The first-order valence-electron chi connectivity index (χ1n) is 5.74. The van der Waals surface area contributed by atoms with Gasteiger partial charge in [-0.1, -0.05) is 25.1 Å². The van der Waals surface area contributed by atoms with Crippen molar-refractivity contribution < 1.29 is 9.59 Å². The highest BCUT2D eigenvalue weighted by Gasteiger charge is 2.14. The molecule has 1 aromatic rings. The van der Waals surface area contributed by atoms with E-state index < -0.39 is 11.8 Å². The number of rotatable bonds is 3. The Hall–Kier alpha value is -2.17. The molecule has 0 aromatic heterocycles. The number of hydrogen-bond acceptors (Lipinski definition) is 3. The lowest BCUT2D eigenvalue weighted by Gasteiger charge is -2.08. The van der Waals surface area contributed by atoms with Crippen molar-refractivity contribution in [3.63, 3.8) is 0 Å². The summed E-state index contributed by atoms with van der Waals surface area (Å²) in [7, 11) is 0. The molecule has 5 nitrogen and oxygen atoms in total. The molecule has 0 spiro atoms. The molecule has 0 fully saturated rings. The summed E-state index contributed by atoms with van der Waals surface area (Å²) >= 11 is 0. The van der Waals surface area contributed by atoms with Crippen molar-refractivity contribution in [1.82, 2.24) is 5.43 Å². The van der Waals surface area contributed by atoms with E-state index in [4.69, 9.17) is 0 Å². The van der Waals surface area contributed by atoms with Crippen molar-refractivity contribution in [1.29, 1.82) is 0 Å². The summed E-state index contributed by atoms with van der Waals surface area (Å²) in [6, 6.07) is 7.36. The van der Waals surface area contributed by atoms with Gasteiger partial charge < -0.3 is 5.32 Å². The standard InChI is InChI=1S/C13H17N3O2/c1-4-10-7-5-6-8-11(10)14-12(17)13(18)16-15-9(2)3/h5-8H,4H2,1-3H3,(H,14,17)(H,16,18). The Balaban J connectivity index is 2.70. The van der Waals surface area contributed by atoms with Crippen molar-refractivity contribution in [2.75, 3.05) is 5.32 Å². The molecule has 5 heteroatoms. The van der Waals surface area contributed by atoms with Gasteiger partial charge in [0.15, 0.2) is 0 Å². The Kier molecular flexibility index (Phi) is 5.05. The second-order valence-electron chi connectivity index (χ2n) is 3.96. The van der Waals surface area contributed by atoms with Crippen LogP contribution in [0.2, 0.25) is 0 Å². The third-order valence-corrected chi connectivity index (χ3v) is 2.23. The minimum atomic E-state index is -0.776. The van der Waals surface area contributed by atoms with Crippen LogP contribution in [-0.4, -0.2) is 17.5 Å². The maximum atomic E-state index is 11.6. The van der Waals surface area contributed by atoms with Crippen molar-refractivity contribution in [3.8, 4) is 0 Å². The van der Waals surface area contributed by atoms with Gasteiger partial charge in [0.05, 0.1) is 0 Å². The largest absolute Gasteiger partial charge is 0.329 e. The van der Waals surface area contributed by atoms with Gasteiger partial charge in [-0.2, -0.15) is 5.10 Å². The molecule has 0 bridgehead atoms. The van der Waals surface area contributed by atoms with E-state index in [0.717, 1.165) is 12.0 Å². The van der Waals surface area contributed by atoms with Crippen LogP contribution >= 0.6 is 0 Å². The summed E-state index contributed by atoms with van der Waals surface area (Å²) in [5, 5.41) is 6.25. The van der Waals surface area contributed by atoms with Gasteiger partial charge >= 0.3 is 11.8 Å². The molecule has 0 saturated carbocycles. The monoisotopic (exact) mass is 247 g/mol. The number of nitrogens with zero attached hydrogens (tertiary/aromatic N) is 1. The van der Waals surface area contributed by atoms with E-state index in [1.54, 1.807) is 26.0 Å². The lowest BCUT2D eigenvalue weighted by Crippen LogP contribution is -2.33. The second kappa shape index (κ2) is 6.54. The minimum Gasteiger partial charge on any atom is -0.317 e. The summed E-state index contributed by atoms with van der Waals surface area (Å²) in [4.78, 5) is 23.0. The second-order valence-corrected chi connectivity index (χ2v) is 3.96. The van der Waals surface area contributed by atoms with E-state index in [2.05, 4.69) is 15.8 Å². The summed E-state index contributed by atoms with van der Waals surface area (Å²) in [6.45, 7) is 5.44. The number of hydrogen-bond donors (Lipinski definition) is 2. The predicted molar refractivity (Wildman–Crippen MR) is 71.4 cm³/mol. The summed E-state index contributed by atoms with van der Waals surface area (Å²) < 4.78 is 0. The van der Waals surface area contributed by atoms with E-state index in [1.165, 1.54) is 0 Å². The highest BCUT2D eigenvalue weighted by Crippen LogP contribution is 2.14. The van der Waals surface area contributed by atoms with Crippen molar-refractivity contribution in [3.05, 3.63) is 29.8 Å². The van der Waals surface area contributed by atoms with E-state index >= 15 is 0 Å². The predicted octanol–water partition coefficient (Wildman–Crippen LogP) is 1.70. The van der Waals surface area contributed by atoms with Gasteiger partial charge in [-0.15, -0.1) is 0 Å². The van der Waals surface area contributed by atoms with Gasteiger partial charge in [0, 0.05) is 11.4 Å². The highest BCUT2D eigenvalue weighted by atomic mass is 16.2. The minimum absolute atomic E-state index is 0.650. The van der Waals surface area contributed by atoms with Crippen LogP contribution in [0.5, 0.6) is 0 Å². The highest BCUT2D eigenvalue weighted by molar-refractivity contribution is 6.39. The first-order valence-corrected chi connectivity index (χ1v) is 5.74. The number of benzene rings is 1. The number of amides is 2. The zero-order valence-electron chi connectivity index (χ0n) is 10.8. The first kappa shape index (κ1) is 13.9. The average Bonchev–Trinajstić information content (AvgIpc) is 2.36. The van der Waals surface area contributed by atoms with Crippen LogP contribution in [0.25, 0.3) is 0 Å². The lowest BCUT2D eigenvalue weighted by atomic mass is 10.1. The molecule has 0 unspecified atom stereocenters. The van der Waals surface area contributed by atoms with Crippen LogP contribution in [-0.2, 0) is 16.0 Å². The summed E-state index contributed by atoms with van der Waals surface area (Å²) in [5.74, 6) is -1.50. The Bertz CT molecular complexity index is 477. The van der Waals surface area contributed by atoms with Gasteiger partial charge in [0.1, 0.15) is 0 Å². The fraction of sp³-hybridized carbons (Fsp3) is 0.308. The molecule has 18 heavy (non-hydrogen) atoms. The molecule has 0 saturated heterocycles. The lowest BCUT2D eigenvalue weighted by molar-refractivity contribution is -0.136. The van der Waals surface area contributed by atoms with Gasteiger partial charge in [0.25, 0.3) is 0 Å². The summed E-state index contributed by atoms with van der Waals surface area (Å²) in [6.07, 6.45) is 0.782. The molecule has 2 N–H and O–H groups in total. The fourth-order valence-corrected chi connectivity index (χ4v) is 1.34. The Morgan fingerprint density at radius 2 is 1.83 bits per heavy atom. The molecule has 2 amide bonds. The van der Waals surface area contributed by atoms with Gasteiger partial charge in [0.2, 0.25) is 0 Å². The van der Waals surface area contributed by atoms with Crippen LogP contribution in [0.1, 0.15) is 26.3 Å². The number of anilines is 1. The molecule has 1 rings (SSSR count). The number of para-hydroxylation sites is 1. The fourth-order valence-electron chi connectivity index (χ4n) is 1.34. The Labute approximate surface area is 106 Å². The molecule has 0 heterocycles. The zero-order chi connectivity index (χ0) is 13.5. The average molecular weight is 247 g/mol. The number of aryl methyl sites for hydroxylation is 1. The molecular weight excluding hydrogens is 230 g/mol. The quantitative estimate of drug-likeness (QED) is 0.485. The van der Waals surface area contributed by atoms with E-state index in [0.29, 0.717) is 11.4 Å². The number of carbonyl (C=O) groups excluding carboxylic acids is 2.